The van der Waals surface area contributed by atoms with Crippen molar-refractivity contribution >= 4 is 27.5 Å². The van der Waals surface area contributed by atoms with Crippen molar-refractivity contribution in [2.45, 2.75) is 18.7 Å². The first-order valence-corrected chi connectivity index (χ1v) is 7.29. The van der Waals surface area contributed by atoms with Gasteiger partial charge in [0.05, 0.1) is 5.56 Å². The summed E-state index contributed by atoms with van der Waals surface area (Å²) in [4.78, 5) is 10.7. The first-order chi connectivity index (χ1) is 9.72. The van der Waals surface area contributed by atoms with E-state index in [-0.39, 0.29) is 27.7 Å². The Morgan fingerprint density at radius 1 is 1.38 bits per heavy atom. The van der Waals surface area contributed by atoms with Gasteiger partial charge in [-0.05, 0) is 37.6 Å². The van der Waals surface area contributed by atoms with Crippen molar-refractivity contribution in [3.05, 3.63) is 35.1 Å². The molecule has 0 spiro atoms. The van der Waals surface area contributed by atoms with Crippen molar-refractivity contribution in [2.75, 3.05) is 10.5 Å². The average Bonchev–Trinajstić information content (AvgIpc) is 2.68. The van der Waals surface area contributed by atoms with E-state index in [1.54, 1.807) is 6.92 Å². The number of nitrogen functional groups attached to an aromatic ring is 1. The minimum atomic E-state index is -3.96. The van der Waals surface area contributed by atoms with Crippen LogP contribution in [0.25, 0.3) is 0 Å². The fourth-order valence-electron chi connectivity index (χ4n) is 1.88. The maximum absolute atomic E-state index is 12.2. The molecule has 1 aromatic carbocycles. The second-order valence-corrected chi connectivity index (χ2v) is 6.01. The predicted octanol–water partition coefficient (Wildman–Crippen LogP) is 1.37. The maximum atomic E-state index is 12.2. The number of carboxylic acid groups (broad SMARTS) is 1. The number of sulfonamides is 1. The van der Waals surface area contributed by atoms with Gasteiger partial charge in [-0.2, -0.15) is 0 Å². The number of hydrogen-bond donors (Lipinski definition) is 3. The summed E-state index contributed by atoms with van der Waals surface area (Å²) in [6.07, 6.45) is 0. The summed E-state index contributed by atoms with van der Waals surface area (Å²) < 4.78 is 31.5. The monoisotopic (exact) mass is 311 g/mol. The first-order valence-electron chi connectivity index (χ1n) is 5.81. The Morgan fingerprint density at radius 2 is 2.05 bits per heavy atom. The zero-order valence-corrected chi connectivity index (χ0v) is 12.1. The first kappa shape index (κ1) is 14.9. The molecule has 8 nitrogen and oxygen atoms in total. The van der Waals surface area contributed by atoms with Gasteiger partial charge in [-0.1, -0.05) is 5.16 Å². The van der Waals surface area contributed by atoms with Crippen molar-refractivity contribution in [1.29, 1.82) is 0 Å². The number of rotatable bonds is 4. The summed E-state index contributed by atoms with van der Waals surface area (Å²) in [5.74, 6) is -1.25. The maximum Gasteiger partial charge on any atom is 0.335 e. The van der Waals surface area contributed by atoms with E-state index in [2.05, 4.69) is 9.88 Å². The van der Waals surface area contributed by atoms with E-state index in [9.17, 15) is 13.2 Å². The molecule has 0 amide bonds. The van der Waals surface area contributed by atoms with Crippen molar-refractivity contribution in [3.63, 3.8) is 0 Å². The number of aryl methyl sites for hydroxylation is 2. The van der Waals surface area contributed by atoms with Crippen LogP contribution in [0.5, 0.6) is 0 Å². The lowest BCUT2D eigenvalue weighted by molar-refractivity contribution is 0.0696. The van der Waals surface area contributed by atoms with Crippen LogP contribution in [0.4, 0.5) is 11.5 Å². The minimum absolute atomic E-state index is 0.0684. The molecule has 0 atom stereocenters. The highest BCUT2D eigenvalue weighted by molar-refractivity contribution is 7.93. The SMILES string of the molecule is Cc1cc(NS(=O)(=O)c2c(N)noc2C)ccc1C(=O)O. The van der Waals surface area contributed by atoms with Crippen LogP contribution in [0, 0.1) is 13.8 Å². The largest absolute Gasteiger partial charge is 0.478 e. The molecule has 0 aliphatic carbocycles. The number of nitrogens with zero attached hydrogens (tertiary/aromatic N) is 1. The zero-order valence-electron chi connectivity index (χ0n) is 11.2. The van der Waals surface area contributed by atoms with Gasteiger partial charge in [0.1, 0.15) is 0 Å². The van der Waals surface area contributed by atoms with Crippen LogP contribution in [-0.2, 0) is 10.0 Å². The fraction of sp³-hybridized carbons (Fsp3) is 0.167. The number of anilines is 2. The number of hydrogen-bond acceptors (Lipinski definition) is 6. The molecule has 0 bridgehead atoms. The lowest BCUT2D eigenvalue weighted by atomic mass is 10.1. The molecule has 1 heterocycles. The lowest BCUT2D eigenvalue weighted by Gasteiger charge is -2.09. The van der Waals surface area contributed by atoms with E-state index >= 15 is 0 Å². The number of carboxylic acids is 1. The minimum Gasteiger partial charge on any atom is -0.478 e. The standard InChI is InChI=1S/C12H13N3O5S/c1-6-5-8(3-4-9(6)12(16)17)15-21(18,19)10-7(2)20-14-11(10)13/h3-5,15H,1-2H3,(H2,13,14)(H,16,17). The third-order valence-corrected chi connectivity index (χ3v) is 4.35. The average molecular weight is 311 g/mol. The molecule has 21 heavy (non-hydrogen) atoms. The van der Waals surface area contributed by atoms with Gasteiger partial charge in [0.2, 0.25) is 0 Å². The van der Waals surface area contributed by atoms with Crippen LogP contribution in [-0.4, -0.2) is 24.7 Å². The van der Waals surface area contributed by atoms with Gasteiger partial charge in [0.25, 0.3) is 10.0 Å². The molecule has 0 aliphatic rings. The highest BCUT2D eigenvalue weighted by atomic mass is 32.2. The Hall–Kier alpha value is -2.55. The van der Waals surface area contributed by atoms with Gasteiger partial charge in [-0.25, -0.2) is 13.2 Å². The van der Waals surface area contributed by atoms with E-state index in [1.807, 2.05) is 0 Å². The summed E-state index contributed by atoms with van der Waals surface area (Å²) in [6, 6.07) is 4.09. The second kappa shape index (κ2) is 5.09. The quantitative estimate of drug-likeness (QED) is 0.775. The number of nitrogens with one attached hydrogen (secondary N) is 1. The molecule has 0 radical (unpaired) electrons. The summed E-state index contributed by atoms with van der Waals surface area (Å²) in [7, 11) is -3.96. The molecule has 9 heteroatoms. The molecule has 0 fully saturated rings. The van der Waals surface area contributed by atoms with E-state index < -0.39 is 16.0 Å². The summed E-state index contributed by atoms with van der Waals surface area (Å²) in [6.45, 7) is 3.00. The Bertz CT molecular complexity index is 791. The van der Waals surface area contributed by atoms with Crippen molar-refractivity contribution < 1.29 is 22.8 Å². The van der Waals surface area contributed by atoms with Crippen LogP contribution in [0.1, 0.15) is 21.7 Å². The van der Waals surface area contributed by atoms with Gasteiger partial charge in [0.15, 0.2) is 16.5 Å². The van der Waals surface area contributed by atoms with Crippen molar-refractivity contribution in [1.82, 2.24) is 5.16 Å². The van der Waals surface area contributed by atoms with E-state index in [0.29, 0.717) is 5.56 Å². The van der Waals surface area contributed by atoms with E-state index in [1.165, 1.54) is 25.1 Å². The van der Waals surface area contributed by atoms with Crippen molar-refractivity contribution in [3.8, 4) is 0 Å². The lowest BCUT2D eigenvalue weighted by Crippen LogP contribution is -2.15. The van der Waals surface area contributed by atoms with Gasteiger partial charge >= 0.3 is 5.97 Å². The molecule has 0 aliphatic heterocycles. The molecular formula is C12H13N3O5S. The molecule has 0 unspecified atom stereocenters. The van der Waals surface area contributed by atoms with Gasteiger partial charge in [-0.3, -0.25) is 4.72 Å². The Labute approximate surface area is 120 Å². The second-order valence-electron chi connectivity index (χ2n) is 4.39. The van der Waals surface area contributed by atoms with Crippen LogP contribution >= 0.6 is 0 Å². The molecule has 112 valence electrons. The molecule has 4 N–H and O–H groups in total. The third kappa shape index (κ3) is 2.82. The third-order valence-electron chi connectivity index (χ3n) is 2.81. The number of benzene rings is 1. The van der Waals surface area contributed by atoms with Crippen LogP contribution < -0.4 is 10.5 Å². The van der Waals surface area contributed by atoms with E-state index in [4.69, 9.17) is 15.4 Å². The number of aromatic carboxylic acids is 1. The zero-order chi connectivity index (χ0) is 15.8. The predicted molar refractivity (Wildman–Crippen MR) is 74.6 cm³/mol. The van der Waals surface area contributed by atoms with E-state index in [0.717, 1.165) is 0 Å². The fourth-order valence-corrected chi connectivity index (χ4v) is 3.15. The smallest absolute Gasteiger partial charge is 0.335 e. The van der Waals surface area contributed by atoms with Crippen LogP contribution in [0.3, 0.4) is 0 Å². The number of carbonyl (C=O) groups is 1. The molecular weight excluding hydrogens is 298 g/mol. The van der Waals surface area contributed by atoms with Gasteiger partial charge in [-0.15, -0.1) is 0 Å². The summed E-state index contributed by atoms with van der Waals surface area (Å²) >= 11 is 0. The molecule has 0 saturated heterocycles. The van der Waals surface area contributed by atoms with Crippen molar-refractivity contribution in [2.24, 2.45) is 0 Å². The van der Waals surface area contributed by atoms with Crippen LogP contribution in [0.15, 0.2) is 27.6 Å². The Kier molecular flexibility index (Phi) is 3.60. The topological polar surface area (TPSA) is 136 Å². The normalized spacial score (nSPS) is 11.3. The number of aromatic nitrogens is 1. The summed E-state index contributed by atoms with van der Waals surface area (Å²) in [5.41, 5.74) is 6.22. The molecule has 2 rings (SSSR count). The molecule has 1 aromatic heterocycles. The molecule has 0 saturated carbocycles. The van der Waals surface area contributed by atoms with Gasteiger partial charge in [0, 0.05) is 5.69 Å². The summed E-state index contributed by atoms with van der Waals surface area (Å²) in [5, 5.41) is 12.3. The highest BCUT2D eigenvalue weighted by Gasteiger charge is 2.25. The highest BCUT2D eigenvalue weighted by Crippen LogP contribution is 2.25. The Morgan fingerprint density at radius 3 is 2.52 bits per heavy atom. The Balaban J connectivity index is 2.38. The number of nitrogens with two attached hydrogens (primary N) is 1. The van der Waals surface area contributed by atoms with Gasteiger partial charge < -0.3 is 15.4 Å². The van der Waals surface area contributed by atoms with Crippen LogP contribution in [0.2, 0.25) is 0 Å². The molecule has 2 aromatic rings.